The summed E-state index contributed by atoms with van der Waals surface area (Å²) in [4.78, 5) is 8.12. The number of nitrogens with one attached hydrogen (secondary N) is 1. The van der Waals surface area contributed by atoms with E-state index in [2.05, 4.69) is 19.6 Å². The van der Waals surface area contributed by atoms with Crippen LogP contribution < -0.4 is 5.32 Å². The van der Waals surface area contributed by atoms with Crippen molar-refractivity contribution in [3.63, 3.8) is 0 Å². The molecule has 1 N–H and O–H groups in total. The molecule has 116 valence electrons. The molecule has 1 aromatic heterocycles. The summed E-state index contributed by atoms with van der Waals surface area (Å²) in [6.45, 7) is 7.45. The highest BCUT2D eigenvalue weighted by Crippen LogP contribution is 2.42. The molecule has 0 bridgehead atoms. The maximum Gasteiger partial charge on any atom is 0.451 e. The van der Waals surface area contributed by atoms with E-state index in [1.807, 2.05) is 6.92 Å². The highest BCUT2D eigenvalue weighted by atomic mass is 32.2. The lowest BCUT2D eigenvalue weighted by Crippen LogP contribution is -2.69. The maximum absolute atomic E-state index is 12.8. The molecular formula is C13H17F3N4S. The quantitative estimate of drug-likeness (QED) is 0.866. The second-order valence-corrected chi connectivity index (χ2v) is 6.86. The van der Waals surface area contributed by atoms with E-state index in [9.17, 15) is 13.2 Å². The Hall–Kier alpha value is -0.860. The lowest BCUT2D eigenvalue weighted by Gasteiger charge is -2.55. The van der Waals surface area contributed by atoms with Gasteiger partial charge in [-0.3, -0.25) is 0 Å². The van der Waals surface area contributed by atoms with E-state index in [-0.39, 0.29) is 0 Å². The summed E-state index contributed by atoms with van der Waals surface area (Å²) in [6, 6.07) is 0. The van der Waals surface area contributed by atoms with Gasteiger partial charge in [-0.1, -0.05) is 6.92 Å². The third kappa shape index (κ3) is 2.76. The Kier molecular flexibility index (Phi) is 3.66. The molecule has 0 atom stereocenters. The fourth-order valence-corrected chi connectivity index (χ4v) is 4.11. The number of aromatic nitrogens is 2. The summed E-state index contributed by atoms with van der Waals surface area (Å²) < 4.78 is 40.5. The van der Waals surface area contributed by atoms with Gasteiger partial charge in [0.15, 0.2) is 0 Å². The third-order valence-corrected chi connectivity index (χ3v) is 5.17. The average molecular weight is 318 g/mol. The second kappa shape index (κ2) is 5.10. The predicted octanol–water partition coefficient (Wildman–Crippen LogP) is 2.28. The Morgan fingerprint density at radius 3 is 2.43 bits per heavy atom. The van der Waals surface area contributed by atoms with Gasteiger partial charge in [0.25, 0.3) is 0 Å². The van der Waals surface area contributed by atoms with Gasteiger partial charge >= 0.3 is 6.18 Å². The van der Waals surface area contributed by atoms with Crippen LogP contribution in [0.1, 0.15) is 24.1 Å². The zero-order valence-electron chi connectivity index (χ0n) is 11.9. The number of nitrogens with zero attached hydrogens (tertiary/aromatic N) is 3. The summed E-state index contributed by atoms with van der Waals surface area (Å²) in [6.07, 6.45) is -4.02. The molecular weight excluding hydrogens is 301 g/mol. The van der Waals surface area contributed by atoms with Crippen molar-refractivity contribution in [2.24, 2.45) is 5.41 Å². The molecule has 1 spiro atoms. The molecule has 4 nitrogen and oxygen atoms in total. The van der Waals surface area contributed by atoms with Crippen LogP contribution in [0.5, 0.6) is 0 Å². The van der Waals surface area contributed by atoms with Crippen molar-refractivity contribution in [3.05, 3.63) is 17.2 Å². The number of hydrogen-bond acceptors (Lipinski definition) is 5. The molecule has 2 saturated heterocycles. The molecule has 0 unspecified atom stereocenters. The summed E-state index contributed by atoms with van der Waals surface area (Å²) in [5, 5.41) is 3.26. The molecule has 21 heavy (non-hydrogen) atoms. The monoisotopic (exact) mass is 318 g/mol. The van der Waals surface area contributed by atoms with E-state index in [0.717, 1.165) is 31.1 Å². The Balaban J connectivity index is 1.78. The van der Waals surface area contributed by atoms with Gasteiger partial charge < -0.3 is 5.32 Å². The number of hydrogen-bond donors (Lipinski definition) is 1. The Morgan fingerprint density at radius 2 is 1.95 bits per heavy atom. The first-order chi connectivity index (χ1) is 9.83. The molecule has 1 aromatic rings. The summed E-state index contributed by atoms with van der Waals surface area (Å²) in [5.74, 6) is -1.04. The zero-order chi connectivity index (χ0) is 15.3. The molecule has 2 fully saturated rings. The number of aryl methyl sites for hydroxylation is 2. The van der Waals surface area contributed by atoms with Crippen molar-refractivity contribution < 1.29 is 13.2 Å². The van der Waals surface area contributed by atoms with Crippen molar-refractivity contribution in [2.75, 3.05) is 26.2 Å². The molecule has 0 aromatic carbocycles. The van der Waals surface area contributed by atoms with Gasteiger partial charge in [-0.25, -0.2) is 14.3 Å². The van der Waals surface area contributed by atoms with Crippen LogP contribution in [0.15, 0.2) is 4.90 Å². The molecule has 8 heteroatoms. The van der Waals surface area contributed by atoms with Crippen molar-refractivity contribution in [1.82, 2.24) is 19.6 Å². The van der Waals surface area contributed by atoms with E-state index >= 15 is 0 Å². The van der Waals surface area contributed by atoms with Gasteiger partial charge in [-0.15, -0.1) is 0 Å². The standard InChI is InChI=1S/C13H17F3N4S/c1-3-9-10(8(2)18-11(19-9)13(14,15)16)21-20-6-12(7-20)4-17-5-12/h17H,3-7H2,1-2H3. The minimum absolute atomic E-state index is 0.389. The maximum atomic E-state index is 12.8. The van der Waals surface area contributed by atoms with Gasteiger partial charge in [-0.2, -0.15) is 13.2 Å². The molecule has 0 saturated carbocycles. The van der Waals surface area contributed by atoms with Crippen molar-refractivity contribution >= 4 is 11.9 Å². The molecule has 2 aliphatic rings. The first kappa shape index (κ1) is 15.1. The van der Waals surface area contributed by atoms with Gasteiger partial charge in [0.1, 0.15) is 0 Å². The Labute approximate surface area is 125 Å². The number of halogens is 3. The van der Waals surface area contributed by atoms with Crippen LogP contribution in [0.4, 0.5) is 13.2 Å². The second-order valence-electron chi connectivity index (χ2n) is 5.75. The zero-order valence-corrected chi connectivity index (χ0v) is 12.7. The third-order valence-electron chi connectivity index (χ3n) is 3.94. The summed E-state index contributed by atoms with van der Waals surface area (Å²) in [7, 11) is 0. The minimum atomic E-state index is -4.49. The number of rotatable bonds is 3. The number of alkyl halides is 3. The normalized spacial score (nSPS) is 21.2. The summed E-state index contributed by atoms with van der Waals surface area (Å²) >= 11 is 1.49. The molecule has 0 aliphatic carbocycles. The van der Waals surface area contributed by atoms with Gasteiger partial charge in [0, 0.05) is 31.6 Å². The fraction of sp³-hybridized carbons (Fsp3) is 0.692. The van der Waals surface area contributed by atoms with E-state index in [1.165, 1.54) is 11.9 Å². The van der Waals surface area contributed by atoms with Gasteiger partial charge in [0.05, 0.1) is 16.3 Å². The molecule has 0 radical (unpaired) electrons. The molecule has 0 amide bonds. The van der Waals surface area contributed by atoms with Crippen LogP contribution in [-0.4, -0.2) is 40.5 Å². The topological polar surface area (TPSA) is 41.1 Å². The first-order valence-electron chi connectivity index (χ1n) is 6.91. The predicted molar refractivity (Wildman–Crippen MR) is 73.9 cm³/mol. The highest BCUT2D eigenvalue weighted by molar-refractivity contribution is 7.97. The summed E-state index contributed by atoms with van der Waals surface area (Å²) in [5.41, 5.74) is 1.28. The van der Waals surface area contributed by atoms with Crippen LogP contribution in [0.2, 0.25) is 0 Å². The largest absolute Gasteiger partial charge is 0.451 e. The first-order valence-corrected chi connectivity index (χ1v) is 7.69. The Bertz CT molecular complexity index is 549. The smallest absolute Gasteiger partial charge is 0.315 e. The lowest BCUT2D eigenvalue weighted by molar-refractivity contribution is -0.145. The molecule has 3 heterocycles. The minimum Gasteiger partial charge on any atom is -0.315 e. The Morgan fingerprint density at radius 1 is 1.29 bits per heavy atom. The van der Waals surface area contributed by atoms with Crippen LogP contribution in [0.25, 0.3) is 0 Å². The fourth-order valence-electron chi connectivity index (χ4n) is 2.70. The van der Waals surface area contributed by atoms with E-state index in [0.29, 0.717) is 23.2 Å². The molecule has 3 rings (SSSR count). The average Bonchev–Trinajstić information content (AvgIpc) is 2.30. The van der Waals surface area contributed by atoms with Crippen LogP contribution >= 0.6 is 11.9 Å². The van der Waals surface area contributed by atoms with Crippen LogP contribution in [0.3, 0.4) is 0 Å². The van der Waals surface area contributed by atoms with Crippen molar-refractivity contribution in [2.45, 2.75) is 31.3 Å². The SMILES string of the molecule is CCc1nc(C(F)(F)F)nc(C)c1SN1CC2(CNC2)C1. The van der Waals surface area contributed by atoms with E-state index in [1.54, 1.807) is 6.92 Å². The lowest BCUT2D eigenvalue weighted by atomic mass is 9.76. The van der Waals surface area contributed by atoms with Crippen molar-refractivity contribution in [3.8, 4) is 0 Å². The van der Waals surface area contributed by atoms with E-state index in [4.69, 9.17) is 0 Å². The highest BCUT2D eigenvalue weighted by Gasteiger charge is 2.48. The van der Waals surface area contributed by atoms with Crippen LogP contribution in [-0.2, 0) is 12.6 Å². The van der Waals surface area contributed by atoms with Gasteiger partial charge in [-0.05, 0) is 25.3 Å². The van der Waals surface area contributed by atoms with Crippen molar-refractivity contribution in [1.29, 1.82) is 0 Å². The van der Waals surface area contributed by atoms with Crippen LogP contribution in [0, 0.1) is 12.3 Å². The van der Waals surface area contributed by atoms with E-state index < -0.39 is 12.0 Å². The molecule has 2 aliphatic heterocycles. The van der Waals surface area contributed by atoms with Gasteiger partial charge in [0.2, 0.25) is 5.82 Å².